The Bertz CT molecular complexity index is 528. The number of unbranched alkanes of at least 4 members (excludes halogenated alkanes) is 6. The number of aryl methyl sites for hydroxylation is 1. The number of carbonyl (C=O) groups excluding carboxylic acids is 2. The Morgan fingerprint density at radius 1 is 1.16 bits per heavy atom. The smallest absolute Gasteiger partial charge is 0.245 e. The summed E-state index contributed by atoms with van der Waals surface area (Å²) >= 11 is 1.44. The first kappa shape index (κ1) is 21.6. The number of carbonyl (C=O) groups is 2. The number of hydrogen-bond acceptors (Lipinski definition) is 4. The second-order valence-electron chi connectivity index (χ2n) is 6.81. The molecule has 0 saturated carbocycles. The fourth-order valence-electron chi connectivity index (χ4n) is 2.66. The Morgan fingerprint density at radius 3 is 2.36 bits per heavy atom. The van der Waals surface area contributed by atoms with Crippen LogP contribution >= 0.6 is 11.3 Å². The molecule has 0 unspecified atom stereocenters. The quantitative estimate of drug-likeness (QED) is 0.541. The molecule has 0 aliphatic heterocycles. The van der Waals surface area contributed by atoms with E-state index in [0.717, 1.165) is 17.7 Å². The predicted octanol–water partition coefficient (Wildman–Crippen LogP) is 4.77. The minimum Gasteiger partial charge on any atom is -0.331 e. The average molecular weight is 368 g/mol. The minimum absolute atomic E-state index is 0.0147. The molecular weight excluding hydrogens is 334 g/mol. The van der Waals surface area contributed by atoms with Gasteiger partial charge in [0.15, 0.2) is 5.13 Å². The summed E-state index contributed by atoms with van der Waals surface area (Å²) < 4.78 is 0. The third kappa shape index (κ3) is 9.00. The van der Waals surface area contributed by atoms with Crippen LogP contribution in [0.15, 0.2) is 6.20 Å². The number of aromatic nitrogens is 1. The van der Waals surface area contributed by atoms with Crippen molar-refractivity contribution in [2.24, 2.45) is 0 Å². The van der Waals surface area contributed by atoms with Crippen molar-refractivity contribution >= 4 is 28.3 Å². The van der Waals surface area contributed by atoms with Gasteiger partial charge in [-0.1, -0.05) is 45.4 Å². The van der Waals surface area contributed by atoms with Crippen LogP contribution in [0.2, 0.25) is 0 Å². The van der Waals surface area contributed by atoms with Crippen LogP contribution < -0.4 is 5.32 Å². The first-order chi connectivity index (χ1) is 11.9. The molecule has 0 radical (unpaired) electrons. The fraction of sp³-hybridized carbons (Fsp3) is 0.737. The maximum Gasteiger partial charge on any atom is 0.245 e. The molecule has 6 heteroatoms. The molecule has 0 aliphatic rings. The molecule has 0 aliphatic carbocycles. The number of rotatable bonds is 12. The van der Waals surface area contributed by atoms with Gasteiger partial charge < -0.3 is 10.2 Å². The van der Waals surface area contributed by atoms with Crippen LogP contribution in [0.1, 0.15) is 77.0 Å². The van der Waals surface area contributed by atoms with E-state index >= 15 is 0 Å². The Hall–Kier alpha value is -1.43. The highest BCUT2D eigenvalue weighted by Crippen LogP contribution is 2.16. The van der Waals surface area contributed by atoms with Crippen LogP contribution in [0.5, 0.6) is 0 Å². The van der Waals surface area contributed by atoms with E-state index in [-0.39, 0.29) is 24.4 Å². The van der Waals surface area contributed by atoms with Crippen LogP contribution in [-0.4, -0.2) is 34.3 Å². The highest BCUT2D eigenvalue weighted by Gasteiger charge is 2.20. The Morgan fingerprint density at radius 2 is 1.80 bits per heavy atom. The van der Waals surface area contributed by atoms with Gasteiger partial charge in [-0.15, -0.1) is 11.3 Å². The van der Waals surface area contributed by atoms with Crippen LogP contribution in [0.4, 0.5) is 5.13 Å². The lowest BCUT2D eigenvalue weighted by molar-refractivity contribution is -0.136. The van der Waals surface area contributed by atoms with E-state index < -0.39 is 0 Å². The number of nitrogens with zero attached hydrogens (tertiary/aromatic N) is 2. The zero-order valence-electron chi connectivity index (χ0n) is 16.1. The molecule has 0 atom stereocenters. The van der Waals surface area contributed by atoms with E-state index in [1.807, 2.05) is 20.8 Å². The minimum atomic E-state index is -0.184. The molecule has 1 heterocycles. The summed E-state index contributed by atoms with van der Waals surface area (Å²) in [6, 6.07) is 0.0147. The summed E-state index contributed by atoms with van der Waals surface area (Å²) in [5.41, 5.74) is 0. The fourth-order valence-corrected chi connectivity index (χ4v) is 3.34. The largest absolute Gasteiger partial charge is 0.331 e. The molecule has 1 rings (SSSR count). The molecule has 0 aromatic carbocycles. The lowest BCUT2D eigenvalue weighted by Crippen LogP contribution is -2.42. The Kier molecular flexibility index (Phi) is 10.4. The SMILES string of the molecule is CCCCCCCCCC(=O)N(CC(=O)Nc1ncc(C)s1)C(C)C. The molecule has 1 aromatic heterocycles. The van der Waals surface area contributed by atoms with Gasteiger partial charge in [0.2, 0.25) is 11.8 Å². The summed E-state index contributed by atoms with van der Waals surface area (Å²) in [6.07, 6.45) is 10.5. The van der Waals surface area contributed by atoms with E-state index in [1.54, 1.807) is 11.1 Å². The van der Waals surface area contributed by atoms with Crippen LogP contribution in [0.25, 0.3) is 0 Å². The Labute approximate surface area is 156 Å². The van der Waals surface area contributed by atoms with Gasteiger partial charge in [0, 0.05) is 23.5 Å². The van der Waals surface area contributed by atoms with Crippen molar-refractivity contribution in [1.82, 2.24) is 9.88 Å². The predicted molar refractivity (Wildman–Crippen MR) is 105 cm³/mol. The summed E-state index contributed by atoms with van der Waals surface area (Å²) in [4.78, 5) is 31.5. The molecule has 0 saturated heterocycles. The lowest BCUT2D eigenvalue weighted by atomic mass is 10.1. The van der Waals surface area contributed by atoms with E-state index in [0.29, 0.717) is 11.6 Å². The van der Waals surface area contributed by atoms with Gasteiger partial charge in [0.1, 0.15) is 6.54 Å². The van der Waals surface area contributed by atoms with Crippen molar-refractivity contribution in [2.75, 3.05) is 11.9 Å². The van der Waals surface area contributed by atoms with Gasteiger partial charge in [0.05, 0.1) is 0 Å². The van der Waals surface area contributed by atoms with Crippen LogP contribution in [0, 0.1) is 6.92 Å². The average Bonchev–Trinajstić information content (AvgIpc) is 2.96. The topological polar surface area (TPSA) is 62.3 Å². The summed E-state index contributed by atoms with van der Waals surface area (Å²) in [6.45, 7) is 8.14. The molecular formula is C19H33N3O2S. The first-order valence-corrected chi connectivity index (χ1v) is 10.3. The van der Waals surface area contributed by atoms with E-state index in [9.17, 15) is 9.59 Å². The first-order valence-electron chi connectivity index (χ1n) is 9.45. The van der Waals surface area contributed by atoms with Crippen molar-refractivity contribution < 1.29 is 9.59 Å². The molecule has 25 heavy (non-hydrogen) atoms. The molecule has 1 aromatic rings. The van der Waals surface area contributed by atoms with Crippen molar-refractivity contribution in [1.29, 1.82) is 0 Å². The highest BCUT2D eigenvalue weighted by molar-refractivity contribution is 7.15. The van der Waals surface area contributed by atoms with E-state index in [1.165, 1.54) is 43.4 Å². The second-order valence-corrected chi connectivity index (χ2v) is 8.05. The maximum absolute atomic E-state index is 12.4. The standard InChI is InChI=1S/C19H33N3O2S/c1-5-6-7-8-9-10-11-12-18(24)22(15(2)3)14-17(23)21-19-20-13-16(4)25-19/h13,15H,5-12,14H2,1-4H3,(H,20,21,23). The van der Waals surface area contributed by atoms with Gasteiger partial charge in [-0.05, 0) is 27.2 Å². The summed E-state index contributed by atoms with van der Waals surface area (Å²) in [5.74, 6) is -0.120. The molecule has 5 nitrogen and oxygen atoms in total. The molecule has 0 spiro atoms. The third-order valence-corrected chi connectivity index (χ3v) is 4.95. The zero-order chi connectivity index (χ0) is 18.7. The number of nitrogens with one attached hydrogen (secondary N) is 1. The Balaban J connectivity index is 2.34. The lowest BCUT2D eigenvalue weighted by Gasteiger charge is -2.26. The summed E-state index contributed by atoms with van der Waals surface area (Å²) in [7, 11) is 0. The van der Waals surface area contributed by atoms with Gasteiger partial charge in [-0.25, -0.2) is 4.98 Å². The van der Waals surface area contributed by atoms with Gasteiger partial charge in [-0.3, -0.25) is 9.59 Å². The molecule has 0 bridgehead atoms. The second kappa shape index (κ2) is 12.0. The normalized spacial score (nSPS) is 10.9. The highest BCUT2D eigenvalue weighted by atomic mass is 32.1. The zero-order valence-corrected chi connectivity index (χ0v) is 17.0. The van der Waals surface area contributed by atoms with Crippen molar-refractivity contribution in [3.05, 3.63) is 11.1 Å². The van der Waals surface area contributed by atoms with Gasteiger partial charge >= 0.3 is 0 Å². The van der Waals surface area contributed by atoms with E-state index in [4.69, 9.17) is 0 Å². The van der Waals surface area contributed by atoms with Crippen molar-refractivity contribution in [3.8, 4) is 0 Å². The van der Waals surface area contributed by atoms with Crippen LogP contribution in [0.3, 0.4) is 0 Å². The molecule has 1 N–H and O–H groups in total. The van der Waals surface area contributed by atoms with Gasteiger partial charge in [0.25, 0.3) is 0 Å². The number of hydrogen-bond donors (Lipinski definition) is 1. The number of amides is 2. The molecule has 0 fully saturated rings. The van der Waals surface area contributed by atoms with Crippen molar-refractivity contribution in [2.45, 2.75) is 85.1 Å². The van der Waals surface area contributed by atoms with Crippen LogP contribution in [-0.2, 0) is 9.59 Å². The number of thiazole rings is 1. The molecule has 142 valence electrons. The number of anilines is 1. The van der Waals surface area contributed by atoms with Gasteiger partial charge in [-0.2, -0.15) is 0 Å². The third-order valence-electron chi connectivity index (χ3n) is 4.12. The monoisotopic (exact) mass is 367 g/mol. The van der Waals surface area contributed by atoms with E-state index in [2.05, 4.69) is 17.2 Å². The summed E-state index contributed by atoms with van der Waals surface area (Å²) in [5, 5.41) is 3.36. The van der Waals surface area contributed by atoms with Crippen molar-refractivity contribution in [3.63, 3.8) is 0 Å². The maximum atomic E-state index is 12.4. The molecule has 2 amide bonds.